The van der Waals surface area contributed by atoms with Crippen molar-refractivity contribution in [2.75, 3.05) is 4.90 Å². The number of nitrogens with zero attached hydrogens (tertiary/aromatic N) is 3. The van der Waals surface area contributed by atoms with Crippen molar-refractivity contribution < 1.29 is 10.0 Å². The fraction of sp³-hybridized carbons (Fsp3) is 0.250. The number of nitrogens with one attached hydrogen (secondary N) is 1. The number of benzene rings is 1. The molecular weight excluding hydrogens is 328 g/mol. The molecule has 26 heavy (non-hydrogen) atoms. The summed E-state index contributed by atoms with van der Waals surface area (Å²) in [5.74, 6) is 0.338. The third-order valence-electron chi connectivity index (χ3n) is 5.12. The van der Waals surface area contributed by atoms with Crippen molar-refractivity contribution in [1.82, 2.24) is 15.4 Å². The van der Waals surface area contributed by atoms with Gasteiger partial charge in [-0.1, -0.05) is 12.1 Å². The van der Waals surface area contributed by atoms with Gasteiger partial charge in [0.15, 0.2) is 0 Å². The lowest BCUT2D eigenvalue weighted by molar-refractivity contribution is 0.0705. The summed E-state index contributed by atoms with van der Waals surface area (Å²) >= 11 is 0. The summed E-state index contributed by atoms with van der Waals surface area (Å²) in [7, 11) is 0. The number of hydrogen-bond donors (Lipinski definition) is 2. The zero-order valence-corrected chi connectivity index (χ0v) is 14.9. The standard InChI is InChI=1S/C20H20N4O2/c1-12-7-8-17-16(21-12)9-10-18(22-17)24-11-14-13(19(25)23-26)5-4-6-15(14)20(24,2)3/h4-10,26H,11H2,1-3H3,(H,23,25). The summed E-state index contributed by atoms with van der Waals surface area (Å²) in [4.78, 5) is 23.5. The quantitative estimate of drug-likeness (QED) is 0.549. The normalized spacial score (nSPS) is 15.2. The SMILES string of the molecule is Cc1ccc2nc(N3Cc4c(C(=O)NO)cccc4C3(C)C)ccc2n1. The highest BCUT2D eigenvalue weighted by Gasteiger charge is 2.40. The first-order valence-electron chi connectivity index (χ1n) is 8.50. The Labute approximate surface area is 151 Å². The lowest BCUT2D eigenvalue weighted by Crippen LogP contribution is -2.35. The van der Waals surface area contributed by atoms with Crippen LogP contribution in [0.1, 0.15) is 41.0 Å². The molecule has 0 radical (unpaired) electrons. The van der Waals surface area contributed by atoms with Crippen LogP contribution in [0.5, 0.6) is 0 Å². The van der Waals surface area contributed by atoms with E-state index in [4.69, 9.17) is 10.2 Å². The molecule has 1 aromatic carbocycles. The molecule has 1 aliphatic rings. The Balaban J connectivity index is 1.81. The van der Waals surface area contributed by atoms with Crippen LogP contribution < -0.4 is 10.4 Å². The highest BCUT2D eigenvalue weighted by atomic mass is 16.5. The zero-order chi connectivity index (χ0) is 18.5. The number of aryl methyl sites for hydroxylation is 1. The molecule has 2 N–H and O–H groups in total. The Morgan fingerprint density at radius 2 is 1.85 bits per heavy atom. The Kier molecular flexibility index (Phi) is 3.66. The third kappa shape index (κ3) is 2.42. The highest BCUT2D eigenvalue weighted by molar-refractivity contribution is 5.95. The number of carbonyl (C=O) groups is 1. The first kappa shape index (κ1) is 16.5. The maximum absolute atomic E-state index is 12.0. The lowest BCUT2D eigenvalue weighted by atomic mass is 9.91. The molecule has 0 bridgehead atoms. The molecule has 6 heteroatoms. The number of rotatable bonds is 2. The maximum Gasteiger partial charge on any atom is 0.274 e. The average molecular weight is 348 g/mol. The molecule has 1 aliphatic heterocycles. The average Bonchev–Trinajstić information content (AvgIpc) is 2.91. The van der Waals surface area contributed by atoms with E-state index >= 15 is 0 Å². The molecule has 0 saturated carbocycles. The number of aromatic nitrogens is 2. The first-order chi connectivity index (χ1) is 12.4. The Hall–Kier alpha value is -2.99. The molecule has 4 rings (SSSR count). The number of carbonyl (C=O) groups excluding carboxylic acids is 1. The van der Waals surface area contributed by atoms with Crippen molar-refractivity contribution in [3.8, 4) is 0 Å². The molecular formula is C20H20N4O2. The van der Waals surface area contributed by atoms with Gasteiger partial charge in [-0.2, -0.15) is 0 Å². The summed E-state index contributed by atoms with van der Waals surface area (Å²) in [6.45, 7) is 6.72. The van der Waals surface area contributed by atoms with Crippen molar-refractivity contribution in [2.45, 2.75) is 32.9 Å². The topological polar surface area (TPSA) is 78.4 Å². The third-order valence-corrected chi connectivity index (χ3v) is 5.12. The smallest absolute Gasteiger partial charge is 0.274 e. The lowest BCUT2D eigenvalue weighted by Gasteiger charge is -2.33. The van der Waals surface area contributed by atoms with Gasteiger partial charge in [0.1, 0.15) is 5.82 Å². The molecule has 132 valence electrons. The van der Waals surface area contributed by atoms with Gasteiger partial charge in [-0.05, 0) is 62.2 Å². The van der Waals surface area contributed by atoms with Gasteiger partial charge in [0.2, 0.25) is 0 Å². The van der Waals surface area contributed by atoms with E-state index in [1.54, 1.807) is 11.5 Å². The summed E-state index contributed by atoms with van der Waals surface area (Å²) in [5.41, 5.74) is 6.52. The second-order valence-corrected chi connectivity index (χ2v) is 7.08. The summed E-state index contributed by atoms with van der Waals surface area (Å²) in [5, 5.41) is 9.04. The van der Waals surface area contributed by atoms with Gasteiger partial charge in [-0.15, -0.1) is 0 Å². The molecule has 0 atom stereocenters. The summed E-state index contributed by atoms with van der Waals surface area (Å²) in [6, 6.07) is 13.5. The fourth-order valence-corrected chi connectivity index (χ4v) is 3.72. The predicted octanol–water partition coefficient (Wildman–Crippen LogP) is 3.31. The number of amides is 1. The molecule has 0 spiro atoms. The van der Waals surface area contributed by atoms with Crippen LogP contribution in [0, 0.1) is 6.92 Å². The molecule has 1 amide bonds. The first-order valence-corrected chi connectivity index (χ1v) is 8.50. The highest BCUT2D eigenvalue weighted by Crippen LogP contribution is 2.42. The van der Waals surface area contributed by atoms with Crippen molar-refractivity contribution in [3.05, 3.63) is 64.8 Å². The van der Waals surface area contributed by atoms with E-state index < -0.39 is 5.91 Å². The van der Waals surface area contributed by atoms with Crippen LogP contribution in [0.4, 0.5) is 5.82 Å². The Morgan fingerprint density at radius 1 is 1.12 bits per heavy atom. The van der Waals surface area contributed by atoms with E-state index in [1.165, 1.54) is 0 Å². The second-order valence-electron chi connectivity index (χ2n) is 7.08. The van der Waals surface area contributed by atoms with Crippen LogP contribution in [0.3, 0.4) is 0 Å². The number of fused-ring (bicyclic) bond motifs is 2. The van der Waals surface area contributed by atoms with E-state index in [2.05, 4.69) is 23.7 Å². The minimum Gasteiger partial charge on any atom is -0.343 e. The molecule has 2 aromatic heterocycles. The van der Waals surface area contributed by atoms with Crippen LogP contribution in [0.15, 0.2) is 42.5 Å². The fourth-order valence-electron chi connectivity index (χ4n) is 3.72. The number of pyridine rings is 2. The van der Waals surface area contributed by atoms with E-state index in [9.17, 15) is 4.79 Å². The second kappa shape index (κ2) is 5.78. The van der Waals surface area contributed by atoms with Crippen molar-refractivity contribution >= 4 is 22.8 Å². The van der Waals surface area contributed by atoms with E-state index in [0.29, 0.717) is 12.1 Å². The zero-order valence-electron chi connectivity index (χ0n) is 14.9. The molecule has 6 nitrogen and oxygen atoms in total. The monoisotopic (exact) mass is 348 g/mol. The van der Waals surface area contributed by atoms with E-state index in [1.807, 2.05) is 43.3 Å². The van der Waals surface area contributed by atoms with Crippen molar-refractivity contribution in [2.24, 2.45) is 0 Å². The van der Waals surface area contributed by atoms with Crippen LogP contribution in [0.2, 0.25) is 0 Å². The molecule has 0 fully saturated rings. The van der Waals surface area contributed by atoms with Crippen LogP contribution in [-0.2, 0) is 12.1 Å². The molecule has 3 heterocycles. The maximum atomic E-state index is 12.0. The van der Waals surface area contributed by atoms with Crippen molar-refractivity contribution in [3.63, 3.8) is 0 Å². The van der Waals surface area contributed by atoms with Gasteiger partial charge < -0.3 is 4.90 Å². The van der Waals surface area contributed by atoms with E-state index in [-0.39, 0.29) is 5.54 Å². The molecule has 0 saturated heterocycles. The van der Waals surface area contributed by atoms with E-state index in [0.717, 1.165) is 33.7 Å². The summed E-state index contributed by atoms with van der Waals surface area (Å²) < 4.78 is 0. The van der Waals surface area contributed by atoms with Crippen molar-refractivity contribution in [1.29, 1.82) is 0 Å². The number of anilines is 1. The largest absolute Gasteiger partial charge is 0.343 e. The Morgan fingerprint density at radius 3 is 2.62 bits per heavy atom. The minimum absolute atomic E-state index is 0.333. The van der Waals surface area contributed by atoms with Crippen LogP contribution >= 0.6 is 0 Å². The molecule has 0 aliphatic carbocycles. The van der Waals surface area contributed by atoms with Gasteiger partial charge in [0.05, 0.1) is 16.6 Å². The number of hydroxylamine groups is 1. The van der Waals surface area contributed by atoms with Gasteiger partial charge in [0.25, 0.3) is 5.91 Å². The van der Waals surface area contributed by atoms with Crippen LogP contribution in [0.25, 0.3) is 11.0 Å². The van der Waals surface area contributed by atoms with Gasteiger partial charge >= 0.3 is 0 Å². The number of hydrogen-bond acceptors (Lipinski definition) is 5. The Bertz CT molecular complexity index is 1030. The van der Waals surface area contributed by atoms with Gasteiger partial charge in [0, 0.05) is 17.8 Å². The minimum atomic E-state index is -0.495. The summed E-state index contributed by atoms with van der Waals surface area (Å²) in [6.07, 6.45) is 0. The van der Waals surface area contributed by atoms with Gasteiger partial charge in [-0.3, -0.25) is 15.0 Å². The predicted molar refractivity (Wildman–Crippen MR) is 99.2 cm³/mol. The molecule has 0 unspecified atom stereocenters. The molecule has 3 aromatic rings. The van der Waals surface area contributed by atoms with Crippen LogP contribution in [-0.4, -0.2) is 21.1 Å². The van der Waals surface area contributed by atoms with Gasteiger partial charge in [-0.25, -0.2) is 10.5 Å².